The van der Waals surface area contributed by atoms with E-state index in [4.69, 9.17) is 27.9 Å². The molecule has 0 aliphatic rings. The lowest BCUT2D eigenvalue weighted by atomic mass is 10.1. The molecule has 0 saturated carbocycles. The highest BCUT2D eigenvalue weighted by molar-refractivity contribution is 6.30. The highest BCUT2D eigenvalue weighted by atomic mass is 35.5. The Bertz CT molecular complexity index is 767. The lowest BCUT2D eigenvalue weighted by Crippen LogP contribution is -1.91. The van der Waals surface area contributed by atoms with Gasteiger partial charge in [0.25, 0.3) is 0 Å². The molecule has 0 aliphatic heterocycles. The maximum absolute atomic E-state index is 5.89. The summed E-state index contributed by atoms with van der Waals surface area (Å²) in [5.41, 5.74) is 2.57. The van der Waals surface area contributed by atoms with Gasteiger partial charge in [0.1, 0.15) is 11.5 Å². The van der Waals surface area contributed by atoms with Crippen LogP contribution in [0.5, 0.6) is 11.5 Å². The van der Waals surface area contributed by atoms with Crippen molar-refractivity contribution < 1.29 is 4.74 Å². The fraction of sp³-hybridized carbons (Fsp3) is 0.0588. The Morgan fingerprint density at radius 2 is 1.41 bits per heavy atom. The first-order valence-corrected chi connectivity index (χ1v) is 7.41. The summed E-state index contributed by atoms with van der Waals surface area (Å²) in [6.07, 6.45) is 0. The Hall–Kier alpha value is -2.10. The van der Waals surface area contributed by atoms with E-state index < -0.39 is 0 Å². The van der Waals surface area contributed by atoms with Crippen LogP contribution in [-0.4, -0.2) is 9.97 Å². The van der Waals surface area contributed by atoms with E-state index in [0.717, 1.165) is 28.5 Å². The third kappa shape index (κ3) is 3.56. The molecule has 1 aromatic heterocycles. The SMILES string of the molecule is Cc1cc(-c2ccc(Oc3ccc(Cl)cc3)cc2)nc(Cl)n1. The molecule has 22 heavy (non-hydrogen) atoms. The first-order chi connectivity index (χ1) is 10.6. The van der Waals surface area contributed by atoms with Crippen LogP contribution in [0, 0.1) is 6.92 Å². The van der Waals surface area contributed by atoms with Crippen LogP contribution in [0.15, 0.2) is 54.6 Å². The molecule has 5 heteroatoms. The third-order valence-corrected chi connectivity index (χ3v) is 3.45. The highest BCUT2D eigenvalue weighted by Crippen LogP contribution is 2.26. The zero-order valence-corrected chi connectivity index (χ0v) is 13.3. The summed E-state index contributed by atoms with van der Waals surface area (Å²) < 4.78 is 5.75. The molecule has 3 nitrogen and oxygen atoms in total. The summed E-state index contributed by atoms with van der Waals surface area (Å²) in [6.45, 7) is 1.88. The van der Waals surface area contributed by atoms with Gasteiger partial charge in [0.2, 0.25) is 5.28 Å². The molecule has 110 valence electrons. The Balaban J connectivity index is 1.81. The molecule has 0 aliphatic carbocycles. The summed E-state index contributed by atoms with van der Waals surface area (Å²) in [5.74, 6) is 1.47. The van der Waals surface area contributed by atoms with Crippen LogP contribution in [0.4, 0.5) is 0 Å². The number of ether oxygens (including phenoxy) is 1. The first kappa shape index (κ1) is 14.8. The first-order valence-electron chi connectivity index (χ1n) is 6.65. The lowest BCUT2D eigenvalue weighted by Gasteiger charge is -2.07. The van der Waals surface area contributed by atoms with Crippen LogP contribution >= 0.6 is 23.2 Å². The summed E-state index contributed by atoms with van der Waals surface area (Å²) >= 11 is 11.7. The van der Waals surface area contributed by atoms with Crippen LogP contribution in [0.25, 0.3) is 11.3 Å². The molecule has 0 bridgehead atoms. The van der Waals surface area contributed by atoms with Crippen molar-refractivity contribution in [3.05, 3.63) is 70.6 Å². The topological polar surface area (TPSA) is 35.0 Å². The normalized spacial score (nSPS) is 10.5. The Labute approximate surface area is 138 Å². The number of halogens is 2. The molecule has 0 atom stereocenters. The van der Waals surface area contributed by atoms with Gasteiger partial charge in [0.15, 0.2) is 0 Å². The molecular formula is C17H12Cl2N2O. The maximum Gasteiger partial charge on any atom is 0.223 e. The maximum atomic E-state index is 5.89. The van der Waals surface area contributed by atoms with E-state index >= 15 is 0 Å². The lowest BCUT2D eigenvalue weighted by molar-refractivity contribution is 0.483. The monoisotopic (exact) mass is 330 g/mol. The van der Waals surface area contributed by atoms with E-state index in [0.29, 0.717) is 5.02 Å². The van der Waals surface area contributed by atoms with Crippen LogP contribution in [-0.2, 0) is 0 Å². The van der Waals surface area contributed by atoms with Crippen LogP contribution in [0.1, 0.15) is 5.69 Å². The molecule has 1 heterocycles. The molecule has 3 rings (SSSR count). The van der Waals surface area contributed by atoms with Crippen molar-refractivity contribution >= 4 is 23.2 Å². The van der Waals surface area contributed by atoms with Crippen molar-refractivity contribution in [1.82, 2.24) is 9.97 Å². The van der Waals surface area contributed by atoms with E-state index in [1.54, 1.807) is 12.1 Å². The van der Waals surface area contributed by atoms with Crippen LogP contribution in [0.3, 0.4) is 0 Å². The van der Waals surface area contributed by atoms with Gasteiger partial charge >= 0.3 is 0 Å². The number of nitrogens with zero attached hydrogens (tertiary/aromatic N) is 2. The second kappa shape index (κ2) is 6.34. The quantitative estimate of drug-likeness (QED) is 0.590. The van der Waals surface area contributed by atoms with Crippen molar-refractivity contribution in [3.8, 4) is 22.8 Å². The van der Waals surface area contributed by atoms with Gasteiger partial charge in [0, 0.05) is 16.3 Å². The van der Waals surface area contributed by atoms with Gasteiger partial charge in [0.05, 0.1) is 5.69 Å². The van der Waals surface area contributed by atoms with Gasteiger partial charge in [-0.25, -0.2) is 9.97 Å². The predicted octanol–water partition coefficient (Wildman–Crippen LogP) is 5.55. The second-order valence-corrected chi connectivity index (χ2v) is 5.52. The number of aryl methyl sites for hydroxylation is 1. The fourth-order valence-corrected chi connectivity index (χ4v) is 2.36. The molecular weight excluding hydrogens is 319 g/mol. The molecule has 0 spiro atoms. The minimum absolute atomic E-state index is 0.247. The number of hydrogen-bond donors (Lipinski definition) is 0. The largest absolute Gasteiger partial charge is 0.457 e. The summed E-state index contributed by atoms with van der Waals surface area (Å²) in [7, 11) is 0. The number of benzene rings is 2. The molecule has 0 amide bonds. The second-order valence-electron chi connectivity index (χ2n) is 4.74. The van der Waals surface area contributed by atoms with Gasteiger partial charge < -0.3 is 4.74 Å². The van der Waals surface area contributed by atoms with Crippen molar-refractivity contribution in [2.75, 3.05) is 0 Å². The minimum Gasteiger partial charge on any atom is -0.457 e. The zero-order valence-electron chi connectivity index (χ0n) is 11.8. The summed E-state index contributed by atoms with van der Waals surface area (Å²) in [5, 5.41) is 0.926. The Morgan fingerprint density at radius 3 is 2.00 bits per heavy atom. The molecule has 0 saturated heterocycles. The smallest absolute Gasteiger partial charge is 0.223 e. The van der Waals surface area contributed by atoms with Gasteiger partial charge in [-0.15, -0.1) is 0 Å². The zero-order chi connectivity index (χ0) is 15.5. The predicted molar refractivity (Wildman–Crippen MR) is 88.7 cm³/mol. The van der Waals surface area contributed by atoms with E-state index in [1.807, 2.05) is 49.4 Å². The van der Waals surface area contributed by atoms with Gasteiger partial charge in [-0.3, -0.25) is 0 Å². The average Bonchev–Trinajstić information content (AvgIpc) is 2.49. The summed E-state index contributed by atoms with van der Waals surface area (Å²) in [4.78, 5) is 8.29. The molecule has 3 aromatic rings. The fourth-order valence-electron chi connectivity index (χ4n) is 2.01. The Kier molecular flexibility index (Phi) is 4.27. The van der Waals surface area contributed by atoms with Crippen LogP contribution < -0.4 is 4.74 Å². The van der Waals surface area contributed by atoms with Crippen molar-refractivity contribution in [2.24, 2.45) is 0 Å². The number of hydrogen-bond acceptors (Lipinski definition) is 3. The molecule has 0 N–H and O–H groups in total. The average molecular weight is 331 g/mol. The van der Waals surface area contributed by atoms with Crippen molar-refractivity contribution in [3.63, 3.8) is 0 Å². The number of rotatable bonds is 3. The van der Waals surface area contributed by atoms with Crippen molar-refractivity contribution in [1.29, 1.82) is 0 Å². The Morgan fingerprint density at radius 1 is 0.818 bits per heavy atom. The van der Waals surface area contributed by atoms with Crippen molar-refractivity contribution in [2.45, 2.75) is 6.92 Å². The highest BCUT2D eigenvalue weighted by Gasteiger charge is 2.04. The molecule has 0 radical (unpaired) electrons. The van der Waals surface area contributed by atoms with Gasteiger partial charge in [-0.05, 0) is 73.1 Å². The van der Waals surface area contributed by atoms with E-state index in [-0.39, 0.29) is 5.28 Å². The molecule has 2 aromatic carbocycles. The van der Waals surface area contributed by atoms with Crippen LogP contribution in [0.2, 0.25) is 10.3 Å². The van der Waals surface area contributed by atoms with Gasteiger partial charge in [-0.2, -0.15) is 0 Å². The van der Waals surface area contributed by atoms with Gasteiger partial charge in [-0.1, -0.05) is 11.6 Å². The standard InChI is InChI=1S/C17H12Cl2N2O/c1-11-10-16(21-17(19)20-11)12-2-6-14(7-3-12)22-15-8-4-13(18)5-9-15/h2-10H,1H3. The number of aromatic nitrogens is 2. The molecule has 0 fully saturated rings. The third-order valence-electron chi connectivity index (χ3n) is 3.03. The van der Waals surface area contributed by atoms with E-state index in [9.17, 15) is 0 Å². The summed E-state index contributed by atoms with van der Waals surface area (Å²) in [6, 6.07) is 16.7. The molecule has 0 unspecified atom stereocenters. The van der Waals surface area contributed by atoms with E-state index in [1.165, 1.54) is 0 Å². The minimum atomic E-state index is 0.247. The van der Waals surface area contributed by atoms with E-state index in [2.05, 4.69) is 9.97 Å².